The number of rotatable bonds is 4. The van der Waals surface area contributed by atoms with Crippen molar-refractivity contribution in [2.45, 2.75) is 52.5 Å². The molecule has 6 nitrogen and oxygen atoms in total. The van der Waals surface area contributed by atoms with E-state index in [1.165, 1.54) is 19.4 Å². The molecule has 1 aromatic heterocycles. The van der Waals surface area contributed by atoms with Crippen LogP contribution in [0.2, 0.25) is 0 Å². The van der Waals surface area contributed by atoms with Crippen molar-refractivity contribution < 1.29 is 18.7 Å². The summed E-state index contributed by atoms with van der Waals surface area (Å²) in [7, 11) is 0. The number of nitrogens with one attached hydrogen (secondary N) is 1. The molecule has 0 aromatic carbocycles. The monoisotopic (exact) mass is 321 g/mol. The summed E-state index contributed by atoms with van der Waals surface area (Å²) in [4.78, 5) is 35.3. The van der Waals surface area contributed by atoms with Crippen LogP contribution in [0.1, 0.15) is 54.3 Å². The first-order chi connectivity index (χ1) is 10.9. The molecule has 6 heteroatoms. The Morgan fingerprint density at radius 1 is 1.30 bits per heavy atom. The minimum atomic E-state index is -0.657. The van der Waals surface area contributed by atoms with Crippen molar-refractivity contribution in [2.24, 2.45) is 5.92 Å². The van der Waals surface area contributed by atoms with Crippen molar-refractivity contribution in [2.75, 3.05) is 6.61 Å². The van der Waals surface area contributed by atoms with Crippen molar-refractivity contribution in [3.8, 4) is 0 Å². The van der Waals surface area contributed by atoms with Crippen LogP contribution in [0, 0.1) is 19.8 Å². The van der Waals surface area contributed by atoms with Gasteiger partial charge in [-0.3, -0.25) is 4.79 Å². The zero-order chi connectivity index (χ0) is 17.0. The van der Waals surface area contributed by atoms with Gasteiger partial charge in [0.2, 0.25) is 0 Å². The lowest BCUT2D eigenvalue weighted by molar-refractivity contribution is -0.125. The summed E-state index contributed by atoms with van der Waals surface area (Å²) in [6, 6.07) is 1.38. The highest BCUT2D eigenvalue weighted by atomic mass is 16.5. The maximum absolute atomic E-state index is 12.1. The third kappa shape index (κ3) is 4.43. The Morgan fingerprint density at radius 2 is 2.00 bits per heavy atom. The number of hydrogen-bond acceptors (Lipinski definition) is 5. The van der Waals surface area contributed by atoms with Crippen LogP contribution < -0.4 is 10.9 Å². The first-order valence-corrected chi connectivity index (χ1v) is 7.96. The van der Waals surface area contributed by atoms with Gasteiger partial charge in [-0.1, -0.05) is 19.8 Å². The van der Waals surface area contributed by atoms with Crippen LogP contribution in [0.25, 0.3) is 0 Å². The molecule has 0 unspecified atom stereocenters. The molecule has 126 valence electrons. The standard InChI is InChI=1S/C17H23NO5/c1-10-6-4-5-7-13(10)18-14(19)9-22-17(21)16-11(2)8-15(20)23-12(16)3/h8,10,13H,4-7,9H2,1-3H3,(H,18,19)/t10-,13-/m1/s1. The summed E-state index contributed by atoms with van der Waals surface area (Å²) in [5, 5.41) is 2.92. The average Bonchev–Trinajstić information content (AvgIpc) is 2.46. The molecule has 1 saturated carbocycles. The number of hydrogen-bond donors (Lipinski definition) is 1. The van der Waals surface area contributed by atoms with Crippen molar-refractivity contribution in [3.05, 3.63) is 33.4 Å². The molecule has 0 aliphatic heterocycles. The van der Waals surface area contributed by atoms with Crippen LogP contribution in [-0.4, -0.2) is 24.5 Å². The van der Waals surface area contributed by atoms with Gasteiger partial charge in [0.05, 0.1) is 0 Å². The van der Waals surface area contributed by atoms with Gasteiger partial charge in [-0.2, -0.15) is 0 Å². The Kier molecular flexibility index (Phi) is 5.58. The van der Waals surface area contributed by atoms with E-state index in [0.717, 1.165) is 19.3 Å². The molecular formula is C17H23NO5. The molecular weight excluding hydrogens is 298 g/mol. The molecule has 2 atom stereocenters. The third-order valence-electron chi connectivity index (χ3n) is 4.33. The number of ether oxygens (including phenoxy) is 1. The lowest BCUT2D eigenvalue weighted by atomic mass is 9.86. The fourth-order valence-corrected chi connectivity index (χ4v) is 3.05. The molecule has 1 N–H and O–H groups in total. The molecule has 1 aromatic rings. The topological polar surface area (TPSA) is 85.6 Å². The first-order valence-electron chi connectivity index (χ1n) is 7.96. The lowest BCUT2D eigenvalue weighted by Crippen LogP contribution is -2.42. The van der Waals surface area contributed by atoms with Gasteiger partial charge in [-0.15, -0.1) is 0 Å². The number of carbonyl (C=O) groups is 2. The summed E-state index contributed by atoms with van der Waals surface area (Å²) in [6.07, 6.45) is 4.37. The van der Waals surface area contributed by atoms with Gasteiger partial charge in [-0.05, 0) is 38.2 Å². The fourth-order valence-electron chi connectivity index (χ4n) is 3.05. The Labute approximate surface area is 135 Å². The van der Waals surface area contributed by atoms with Gasteiger partial charge in [0.1, 0.15) is 11.3 Å². The molecule has 1 aliphatic rings. The Hall–Kier alpha value is -2.11. The van der Waals surface area contributed by atoms with E-state index in [2.05, 4.69) is 12.2 Å². The molecule has 0 saturated heterocycles. The Bertz CT molecular complexity index is 623. The number of amides is 1. The summed E-state index contributed by atoms with van der Waals surface area (Å²) in [5.74, 6) is -0.321. The second-order valence-corrected chi connectivity index (χ2v) is 6.19. The molecule has 23 heavy (non-hydrogen) atoms. The number of esters is 1. The lowest BCUT2D eigenvalue weighted by Gasteiger charge is -2.29. The Balaban J connectivity index is 1.91. The number of carbonyl (C=O) groups excluding carboxylic acids is 2. The second-order valence-electron chi connectivity index (χ2n) is 6.19. The van der Waals surface area contributed by atoms with Crippen molar-refractivity contribution in [3.63, 3.8) is 0 Å². The maximum Gasteiger partial charge on any atom is 0.342 e. The summed E-state index contributed by atoms with van der Waals surface area (Å²) in [5.41, 5.74) is 0.161. The Morgan fingerprint density at radius 3 is 2.65 bits per heavy atom. The molecule has 0 radical (unpaired) electrons. The van der Waals surface area contributed by atoms with Crippen molar-refractivity contribution in [1.29, 1.82) is 0 Å². The minimum Gasteiger partial charge on any atom is -0.452 e. The van der Waals surface area contributed by atoms with E-state index < -0.39 is 11.6 Å². The van der Waals surface area contributed by atoms with E-state index >= 15 is 0 Å². The molecule has 1 heterocycles. The van der Waals surface area contributed by atoms with Crippen LogP contribution in [0.5, 0.6) is 0 Å². The molecule has 1 aliphatic carbocycles. The van der Waals surface area contributed by atoms with Gasteiger partial charge in [0.25, 0.3) is 5.91 Å². The smallest absolute Gasteiger partial charge is 0.342 e. The van der Waals surface area contributed by atoms with E-state index in [4.69, 9.17) is 9.15 Å². The highest BCUT2D eigenvalue weighted by Gasteiger charge is 2.24. The van der Waals surface area contributed by atoms with Gasteiger partial charge in [0, 0.05) is 12.1 Å². The van der Waals surface area contributed by atoms with Gasteiger partial charge >= 0.3 is 11.6 Å². The van der Waals surface area contributed by atoms with E-state index in [1.807, 2.05) is 0 Å². The highest BCUT2D eigenvalue weighted by molar-refractivity contribution is 5.93. The zero-order valence-electron chi connectivity index (χ0n) is 13.8. The van der Waals surface area contributed by atoms with Crippen molar-refractivity contribution in [1.82, 2.24) is 5.32 Å². The minimum absolute atomic E-state index is 0.146. The molecule has 1 fully saturated rings. The van der Waals surface area contributed by atoms with Crippen LogP contribution in [0.3, 0.4) is 0 Å². The molecule has 1 amide bonds. The molecule has 0 spiro atoms. The molecule has 0 bridgehead atoms. The van der Waals surface area contributed by atoms with Crippen molar-refractivity contribution >= 4 is 11.9 Å². The van der Waals surface area contributed by atoms with Crippen LogP contribution in [-0.2, 0) is 9.53 Å². The molecule has 2 rings (SSSR count). The summed E-state index contributed by atoms with van der Waals surface area (Å²) in [6.45, 7) is 4.94. The van der Waals surface area contributed by atoms with Gasteiger partial charge in [0.15, 0.2) is 6.61 Å². The fraction of sp³-hybridized carbons (Fsp3) is 0.588. The third-order valence-corrected chi connectivity index (χ3v) is 4.33. The van der Waals surface area contributed by atoms with Crippen LogP contribution >= 0.6 is 0 Å². The zero-order valence-corrected chi connectivity index (χ0v) is 13.8. The second kappa shape index (κ2) is 7.44. The quantitative estimate of drug-likeness (QED) is 0.858. The van der Waals surface area contributed by atoms with E-state index in [9.17, 15) is 14.4 Å². The average molecular weight is 321 g/mol. The number of aryl methyl sites for hydroxylation is 2. The first kappa shape index (κ1) is 17.2. The summed E-state index contributed by atoms with van der Waals surface area (Å²) < 4.78 is 9.95. The highest BCUT2D eigenvalue weighted by Crippen LogP contribution is 2.23. The van der Waals surface area contributed by atoms with Gasteiger partial charge < -0.3 is 14.5 Å². The van der Waals surface area contributed by atoms with Crippen LogP contribution in [0.4, 0.5) is 0 Å². The van der Waals surface area contributed by atoms with E-state index in [1.54, 1.807) is 6.92 Å². The SMILES string of the molecule is Cc1cc(=O)oc(C)c1C(=O)OCC(=O)N[C@@H]1CCCC[C@H]1C. The van der Waals surface area contributed by atoms with E-state index in [-0.39, 0.29) is 29.9 Å². The van der Waals surface area contributed by atoms with Crippen LogP contribution in [0.15, 0.2) is 15.3 Å². The maximum atomic E-state index is 12.1. The predicted molar refractivity (Wildman–Crippen MR) is 84.3 cm³/mol. The van der Waals surface area contributed by atoms with E-state index in [0.29, 0.717) is 11.5 Å². The largest absolute Gasteiger partial charge is 0.452 e. The van der Waals surface area contributed by atoms with Gasteiger partial charge in [-0.25, -0.2) is 9.59 Å². The summed E-state index contributed by atoms with van der Waals surface area (Å²) >= 11 is 0. The normalized spacial score (nSPS) is 20.8. The predicted octanol–water partition coefficient (Wildman–Crippen LogP) is 2.11.